The third kappa shape index (κ3) is 3.73. The highest BCUT2D eigenvalue weighted by Crippen LogP contribution is 2.18. The van der Waals surface area contributed by atoms with E-state index in [-0.39, 0.29) is 18.9 Å². The molecule has 20 heavy (non-hydrogen) atoms. The Hall–Kier alpha value is -2.04. The Balaban J connectivity index is 1.83. The number of likely N-dealkylation sites (tertiary alicyclic amines) is 1. The number of carboxylic acids is 1. The Bertz CT molecular complexity index is 460. The van der Waals surface area contributed by atoms with Crippen LogP contribution in [0, 0.1) is 0 Å². The predicted molar refractivity (Wildman–Crippen MR) is 73.5 cm³/mol. The van der Waals surface area contributed by atoms with E-state index in [1.165, 1.54) is 4.90 Å². The third-order valence-corrected chi connectivity index (χ3v) is 3.44. The van der Waals surface area contributed by atoms with E-state index >= 15 is 0 Å². The zero-order valence-electron chi connectivity index (χ0n) is 11.3. The lowest BCUT2D eigenvalue weighted by molar-refractivity contribution is -0.152. The number of hydrogen-bond donors (Lipinski definition) is 1. The van der Waals surface area contributed by atoms with Crippen LogP contribution in [-0.2, 0) is 9.59 Å². The number of amides is 1. The van der Waals surface area contributed by atoms with Gasteiger partial charge in [0, 0.05) is 6.54 Å². The molecule has 1 aromatic rings. The topological polar surface area (TPSA) is 66.8 Å². The van der Waals surface area contributed by atoms with E-state index in [4.69, 9.17) is 9.84 Å². The van der Waals surface area contributed by atoms with Gasteiger partial charge in [0.2, 0.25) is 5.91 Å². The highest BCUT2D eigenvalue weighted by Gasteiger charge is 2.31. The standard InChI is InChI=1S/C15H19NO4/c17-14(9-11-20-12-6-2-1-3-7-12)16-10-5-4-8-13(16)15(18)19/h1-3,6-7,13H,4-5,8-11H2,(H,18,19). The quantitative estimate of drug-likeness (QED) is 0.893. The summed E-state index contributed by atoms with van der Waals surface area (Å²) in [7, 11) is 0. The van der Waals surface area contributed by atoms with Crippen molar-refractivity contribution in [2.24, 2.45) is 0 Å². The number of para-hydroxylation sites is 1. The molecule has 1 N–H and O–H groups in total. The molecule has 0 aliphatic carbocycles. The molecule has 5 heteroatoms. The molecule has 0 saturated carbocycles. The lowest BCUT2D eigenvalue weighted by Crippen LogP contribution is -2.48. The molecular weight excluding hydrogens is 258 g/mol. The molecule has 1 saturated heterocycles. The molecule has 5 nitrogen and oxygen atoms in total. The molecular formula is C15H19NO4. The summed E-state index contributed by atoms with van der Waals surface area (Å²) in [5, 5.41) is 9.14. The van der Waals surface area contributed by atoms with Crippen LogP contribution in [0.3, 0.4) is 0 Å². The van der Waals surface area contributed by atoms with E-state index in [0.29, 0.717) is 18.7 Å². The van der Waals surface area contributed by atoms with Crippen molar-refractivity contribution in [2.75, 3.05) is 13.2 Å². The number of carboxylic acid groups (broad SMARTS) is 1. The maximum absolute atomic E-state index is 12.1. The smallest absolute Gasteiger partial charge is 0.326 e. The molecule has 1 aliphatic rings. The van der Waals surface area contributed by atoms with Crippen LogP contribution < -0.4 is 4.74 Å². The van der Waals surface area contributed by atoms with E-state index in [0.717, 1.165) is 12.8 Å². The summed E-state index contributed by atoms with van der Waals surface area (Å²) in [6.07, 6.45) is 2.48. The molecule has 1 aromatic carbocycles. The number of piperidine rings is 1. The summed E-state index contributed by atoms with van der Waals surface area (Å²) in [6, 6.07) is 8.60. The van der Waals surface area contributed by atoms with Gasteiger partial charge < -0.3 is 14.7 Å². The van der Waals surface area contributed by atoms with Gasteiger partial charge in [0.15, 0.2) is 0 Å². The van der Waals surface area contributed by atoms with Crippen molar-refractivity contribution in [3.8, 4) is 5.75 Å². The first-order valence-electron chi connectivity index (χ1n) is 6.88. The molecule has 1 heterocycles. The van der Waals surface area contributed by atoms with Crippen molar-refractivity contribution in [1.82, 2.24) is 4.90 Å². The second-order valence-electron chi connectivity index (χ2n) is 4.85. The fourth-order valence-corrected chi connectivity index (χ4v) is 2.40. The van der Waals surface area contributed by atoms with E-state index in [9.17, 15) is 9.59 Å². The van der Waals surface area contributed by atoms with Crippen LogP contribution in [-0.4, -0.2) is 41.1 Å². The molecule has 1 unspecified atom stereocenters. The number of ether oxygens (including phenoxy) is 1. The van der Waals surface area contributed by atoms with Gasteiger partial charge in [0.25, 0.3) is 0 Å². The van der Waals surface area contributed by atoms with Gasteiger partial charge in [-0.3, -0.25) is 4.79 Å². The van der Waals surface area contributed by atoms with E-state index < -0.39 is 12.0 Å². The first kappa shape index (κ1) is 14.4. The summed E-state index contributed by atoms with van der Waals surface area (Å²) in [6.45, 7) is 0.798. The monoisotopic (exact) mass is 277 g/mol. The largest absolute Gasteiger partial charge is 0.493 e. The maximum atomic E-state index is 12.1. The highest BCUT2D eigenvalue weighted by molar-refractivity contribution is 5.83. The number of carbonyl (C=O) groups excluding carboxylic acids is 1. The van der Waals surface area contributed by atoms with Crippen LogP contribution in [0.15, 0.2) is 30.3 Å². The second kappa shape index (κ2) is 6.93. The van der Waals surface area contributed by atoms with Gasteiger partial charge >= 0.3 is 5.97 Å². The number of rotatable bonds is 5. The molecule has 108 valence electrons. The minimum absolute atomic E-state index is 0.145. The zero-order chi connectivity index (χ0) is 14.4. The van der Waals surface area contributed by atoms with Gasteiger partial charge in [-0.25, -0.2) is 4.79 Å². The fourth-order valence-electron chi connectivity index (χ4n) is 2.40. The van der Waals surface area contributed by atoms with Crippen LogP contribution in [0.5, 0.6) is 5.75 Å². The van der Waals surface area contributed by atoms with Crippen LogP contribution >= 0.6 is 0 Å². The van der Waals surface area contributed by atoms with Gasteiger partial charge in [0.1, 0.15) is 11.8 Å². The summed E-state index contributed by atoms with van der Waals surface area (Å²) >= 11 is 0. The first-order chi connectivity index (χ1) is 9.68. The van der Waals surface area contributed by atoms with Crippen molar-refractivity contribution in [3.05, 3.63) is 30.3 Å². The summed E-state index contributed by atoms with van der Waals surface area (Å²) in [5.74, 6) is -0.344. The molecule has 0 radical (unpaired) electrons. The summed E-state index contributed by atoms with van der Waals surface area (Å²) in [5.41, 5.74) is 0. The summed E-state index contributed by atoms with van der Waals surface area (Å²) < 4.78 is 5.47. The Labute approximate surface area is 118 Å². The maximum Gasteiger partial charge on any atom is 0.326 e. The Morgan fingerprint density at radius 3 is 2.70 bits per heavy atom. The van der Waals surface area contributed by atoms with Gasteiger partial charge in [-0.1, -0.05) is 18.2 Å². The van der Waals surface area contributed by atoms with Gasteiger partial charge in [-0.15, -0.1) is 0 Å². The molecule has 1 fully saturated rings. The van der Waals surface area contributed by atoms with Crippen molar-refractivity contribution in [2.45, 2.75) is 31.7 Å². The molecule has 0 spiro atoms. The molecule has 1 amide bonds. The average Bonchev–Trinajstić information content (AvgIpc) is 2.48. The molecule has 0 aromatic heterocycles. The number of aliphatic carboxylic acids is 1. The van der Waals surface area contributed by atoms with Crippen molar-refractivity contribution >= 4 is 11.9 Å². The van der Waals surface area contributed by atoms with E-state index in [1.807, 2.05) is 30.3 Å². The second-order valence-corrected chi connectivity index (χ2v) is 4.85. The van der Waals surface area contributed by atoms with Crippen molar-refractivity contribution in [1.29, 1.82) is 0 Å². The lowest BCUT2D eigenvalue weighted by Gasteiger charge is -2.33. The van der Waals surface area contributed by atoms with Crippen molar-refractivity contribution < 1.29 is 19.4 Å². The lowest BCUT2D eigenvalue weighted by atomic mass is 10.0. The minimum Gasteiger partial charge on any atom is -0.493 e. The SMILES string of the molecule is O=C(O)C1CCCCN1C(=O)CCOc1ccccc1. The van der Waals surface area contributed by atoms with E-state index in [1.54, 1.807) is 0 Å². The first-order valence-corrected chi connectivity index (χ1v) is 6.88. The van der Waals surface area contributed by atoms with Crippen LogP contribution in [0.25, 0.3) is 0 Å². The molecule has 1 aliphatic heterocycles. The molecule has 0 bridgehead atoms. The Morgan fingerprint density at radius 2 is 2.00 bits per heavy atom. The number of hydrogen-bond acceptors (Lipinski definition) is 3. The Morgan fingerprint density at radius 1 is 1.25 bits per heavy atom. The normalized spacial score (nSPS) is 18.6. The van der Waals surface area contributed by atoms with Gasteiger partial charge in [-0.05, 0) is 31.4 Å². The number of benzene rings is 1. The van der Waals surface area contributed by atoms with E-state index in [2.05, 4.69) is 0 Å². The predicted octanol–water partition coefficient (Wildman–Crippen LogP) is 1.92. The van der Waals surface area contributed by atoms with Crippen LogP contribution in [0.2, 0.25) is 0 Å². The summed E-state index contributed by atoms with van der Waals surface area (Å²) in [4.78, 5) is 24.7. The molecule has 1 atom stereocenters. The average molecular weight is 277 g/mol. The van der Waals surface area contributed by atoms with Gasteiger partial charge in [-0.2, -0.15) is 0 Å². The number of carbonyl (C=O) groups is 2. The van der Waals surface area contributed by atoms with Crippen molar-refractivity contribution in [3.63, 3.8) is 0 Å². The molecule has 2 rings (SSSR count). The van der Waals surface area contributed by atoms with Crippen LogP contribution in [0.4, 0.5) is 0 Å². The highest BCUT2D eigenvalue weighted by atomic mass is 16.5. The van der Waals surface area contributed by atoms with Gasteiger partial charge in [0.05, 0.1) is 13.0 Å². The zero-order valence-corrected chi connectivity index (χ0v) is 11.3. The fraction of sp³-hybridized carbons (Fsp3) is 0.467. The number of nitrogens with zero attached hydrogens (tertiary/aromatic N) is 1. The van der Waals surface area contributed by atoms with Crippen LogP contribution in [0.1, 0.15) is 25.7 Å². The minimum atomic E-state index is -0.915. The Kier molecular flexibility index (Phi) is 4.98. The third-order valence-electron chi connectivity index (χ3n) is 3.44.